The van der Waals surface area contributed by atoms with Crippen molar-refractivity contribution in [3.63, 3.8) is 0 Å². The van der Waals surface area contributed by atoms with Crippen molar-refractivity contribution >= 4 is 39.1 Å². The molecule has 0 saturated heterocycles. The van der Waals surface area contributed by atoms with Crippen LogP contribution in [0.25, 0.3) is 11.1 Å². The lowest BCUT2D eigenvalue weighted by Crippen LogP contribution is -1.98. The molecule has 0 fully saturated rings. The van der Waals surface area contributed by atoms with Crippen molar-refractivity contribution < 1.29 is 0 Å². The van der Waals surface area contributed by atoms with Gasteiger partial charge in [-0.15, -0.1) is 0 Å². The molecule has 0 unspecified atom stereocenters. The van der Waals surface area contributed by atoms with E-state index in [1.165, 1.54) is 0 Å². The average molecular weight is 360 g/mol. The molecule has 0 spiro atoms. The summed E-state index contributed by atoms with van der Waals surface area (Å²) in [5.41, 5.74) is 1.59. The van der Waals surface area contributed by atoms with Crippen LogP contribution in [0.3, 0.4) is 0 Å². The second-order valence-electron chi connectivity index (χ2n) is 4.21. The lowest BCUT2D eigenvalue weighted by Gasteiger charge is -2.08. The second kappa shape index (κ2) is 6.69. The summed E-state index contributed by atoms with van der Waals surface area (Å²) >= 11 is 15.9. The third-order valence-electron chi connectivity index (χ3n) is 2.73. The quantitative estimate of drug-likeness (QED) is 0.668. The van der Waals surface area contributed by atoms with E-state index in [-0.39, 0.29) is 0 Å². The van der Waals surface area contributed by atoms with E-state index < -0.39 is 0 Å². The number of nitrogens with zero attached hydrogens (tertiary/aromatic N) is 2. The van der Waals surface area contributed by atoms with Crippen LogP contribution in [-0.2, 0) is 6.42 Å². The van der Waals surface area contributed by atoms with Crippen molar-refractivity contribution in [2.75, 3.05) is 0 Å². The normalized spacial score (nSPS) is 10.7. The minimum atomic E-state index is 0.407. The summed E-state index contributed by atoms with van der Waals surface area (Å²) in [7, 11) is 0. The van der Waals surface area contributed by atoms with Crippen molar-refractivity contribution in [3.05, 3.63) is 44.9 Å². The van der Waals surface area contributed by atoms with E-state index in [0.29, 0.717) is 21.7 Å². The summed E-state index contributed by atoms with van der Waals surface area (Å²) in [5.74, 6) is 0.704. The number of hydrogen-bond acceptors (Lipinski definition) is 2. The maximum atomic E-state index is 6.25. The van der Waals surface area contributed by atoms with Crippen molar-refractivity contribution in [1.29, 1.82) is 0 Å². The number of aromatic nitrogens is 2. The summed E-state index contributed by atoms with van der Waals surface area (Å²) in [6, 6.07) is 7.76. The van der Waals surface area contributed by atoms with Crippen molar-refractivity contribution in [2.24, 2.45) is 0 Å². The molecule has 0 amide bonds. The van der Waals surface area contributed by atoms with Gasteiger partial charge in [-0.05, 0) is 24.1 Å². The monoisotopic (exact) mass is 358 g/mol. The molecule has 2 nitrogen and oxygen atoms in total. The zero-order valence-corrected chi connectivity index (χ0v) is 13.6. The molecule has 1 heterocycles. The fourth-order valence-corrected chi connectivity index (χ4v) is 2.82. The molecule has 5 heteroatoms. The Morgan fingerprint density at radius 1 is 1.16 bits per heavy atom. The third-order valence-corrected chi connectivity index (χ3v) is 3.77. The molecule has 2 aromatic rings. The zero-order valence-electron chi connectivity index (χ0n) is 10.5. The first-order valence-corrected chi connectivity index (χ1v) is 7.64. The smallest absolute Gasteiger partial charge is 0.142 e. The lowest BCUT2D eigenvalue weighted by molar-refractivity contribution is 0.753. The van der Waals surface area contributed by atoms with Gasteiger partial charge < -0.3 is 0 Å². The summed E-state index contributed by atoms with van der Waals surface area (Å²) in [4.78, 5) is 8.66. The van der Waals surface area contributed by atoms with Gasteiger partial charge in [-0.25, -0.2) is 9.97 Å². The molecule has 1 aromatic heterocycles. The van der Waals surface area contributed by atoms with Gasteiger partial charge in [-0.2, -0.15) is 0 Å². The highest BCUT2D eigenvalue weighted by Gasteiger charge is 2.13. The largest absolute Gasteiger partial charge is 0.220 e. The highest BCUT2D eigenvalue weighted by molar-refractivity contribution is 9.10. The number of aryl methyl sites for hydroxylation is 1. The lowest BCUT2D eigenvalue weighted by atomic mass is 10.1. The van der Waals surface area contributed by atoms with Gasteiger partial charge >= 0.3 is 0 Å². The SMILES string of the molecule is CCCCc1nc(Cl)c(-c2cccc(Br)c2)c(Cl)n1. The summed E-state index contributed by atoms with van der Waals surface area (Å²) in [6.07, 6.45) is 2.92. The van der Waals surface area contributed by atoms with Gasteiger partial charge in [0.1, 0.15) is 16.1 Å². The van der Waals surface area contributed by atoms with Crippen molar-refractivity contribution in [3.8, 4) is 11.1 Å². The maximum Gasteiger partial charge on any atom is 0.142 e. The van der Waals surface area contributed by atoms with E-state index in [1.807, 2.05) is 24.3 Å². The van der Waals surface area contributed by atoms with Crippen LogP contribution in [-0.4, -0.2) is 9.97 Å². The summed E-state index contributed by atoms with van der Waals surface area (Å²) < 4.78 is 0.965. The van der Waals surface area contributed by atoms with Gasteiger partial charge in [0.05, 0.1) is 5.56 Å². The maximum absolute atomic E-state index is 6.25. The summed E-state index contributed by atoms with van der Waals surface area (Å²) in [6.45, 7) is 2.12. The first-order chi connectivity index (χ1) is 9.11. The number of rotatable bonds is 4. The molecule has 1 aromatic carbocycles. The Morgan fingerprint density at radius 2 is 1.84 bits per heavy atom. The highest BCUT2D eigenvalue weighted by Crippen LogP contribution is 2.33. The molecule has 0 aliphatic rings. The molecule has 0 aliphatic carbocycles. The number of benzene rings is 1. The second-order valence-corrected chi connectivity index (χ2v) is 5.84. The fraction of sp³-hybridized carbons (Fsp3) is 0.286. The van der Waals surface area contributed by atoms with E-state index in [0.717, 1.165) is 29.3 Å². The molecule has 0 radical (unpaired) electrons. The predicted octanol–water partition coefficient (Wildman–Crippen LogP) is 5.56. The van der Waals surface area contributed by atoms with E-state index in [4.69, 9.17) is 23.2 Å². The molecular formula is C14H13BrCl2N2. The van der Waals surface area contributed by atoms with Crippen LogP contribution in [0.5, 0.6) is 0 Å². The van der Waals surface area contributed by atoms with E-state index in [9.17, 15) is 0 Å². The third kappa shape index (κ3) is 3.68. The first kappa shape index (κ1) is 14.8. The summed E-state index contributed by atoms with van der Waals surface area (Å²) in [5, 5.41) is 0.813. The molecule has 0 saturated carbocycles. The van der Waals surface area contributed by atoms with Gasteiger partial charge in [-0.3, -0.25) is 0 Å². The topological polar surface area (TPSA) is 25.8 Å². The van der Waals surface area contributed by atoms with Gasteiger partial charge in [0.15, 0.2) is 0 Å². The van der Waals surface area contributed by atoms with Crippen LogP contribution in [0, 0.1) is 0 Å². The van der Waals surface area contributed by atoms with E-state index in [2.05, 4.69) is 32.8 Å². The van der Waals surface area contributed by atoms with Crippen LogP contribution in [0.1, 0.15) is 25.6 Å². The Balaban J connectivity index is 2.42. The molecule has 2 rings (SSSR count). The molecule has 19 heavy (non-hydrogen) atoms. The Morgan fingerprint density at radius 3 is 2.42 bits per heavy atom. The Labute approximate surface area is 131 Å². The van der Waals surface area contributed by atoms with E-state index in [1.54, 1.807) is 0 Å². The van der Waals surface area contributed by atoms with Gasteiger partial charge in [0.2, 0.25) is 0 Å². The van der Waals surface area contributed by atoms with Gasteiger partial charge in [0.25, 0.3) is 0 Å². The molecule has 0 atom stereocenters. The Hall–Kier alpha value is -0.640. The van der Waals surface area contributed by atoms with Crippen LogP contribution >= 0.6 is 39.1 Å². The average Bonchev–Trinajstić information content (AvgIpc) is 2.35. The Bertz CT molecular complexity index is 564. The van der Waals surface area contributed by atoms with E-state index >= 15 is 0 Å². The first-order valence-electron chi connectivity index (χ1n) is 6.09. The molecule has 100 valence electrons. The molecule has 0 bridgehead atoms. The van der Waals surface area contributed by atoms with Crippen molar-refractivity contribution in [2.45, 2.75) is 26.2 Å². The predicted molar refractivity (Wildman–Crippen MR) is 83.8 cm³/mol. The standard InChI is InChI=1S/C14H13BrCl2N2/c1-2-3-7-11-18-13(16)12(14(17)19-11)9-5-4-6-10(15)8-9/h4-6,8H,2-3,7H2,1H3. The molecular weight excluding hydrogens is 347 g/mol. The molecule has 0 aliphatic heterocycles. The zero-order chi connectivity index (χ0) is 13.8. The van der Waals surface area contributed by atoms with Gasteiger partial charge in [-0.1, -0.05) is 64.6 Å². The van der Waals surface area contributed by atoms with Crippen LogP contribution in [0.2, 0.25) is 10.3 Å². The fourth-order valence-electron chi connectivity index (χ4n) is 1.78. The van der Waals surface area contributed by atoms with Crippen LogP contribution in [0.15, 0.2) is 28.7 Å². The number of halogens is 3. The number of hydrogen-bond donors (Lipinski definition) is 0. The van der Waals surface area contributed by atoms with Gasteiger partial charge in [0, 0.05) is 10.9 Å². The minimum absolute atomic E-state index is 0.407. The van der Waals surface area contributed by atoms with Crippen LogP contribution in [0.4, 0.5) is 0 Å². The molecule has 0 N–H and O–H groups in total. The van der Waals surface area contributed by atoms with Crippen LogP contribution < -0.4 is 0 Å². The Kier molecular flexibility index (Phi) is 5.20. The highest BCUT2D eigenvalue weighted by atomic mass is 79.9. The number of unbranched alkanes of at least 4 members (excludes halogenated alkanes) is 1. The van der Waals surface area contributed by atoms with Crippen molar-refractivity contribution in [1.82, 2.24) is 9.97 Å². The minimum Gasteiger partial charge on any atom is -0.220 e.